The third-order valence-corrected chi connectivity index (χ3v) is 7.29. The van der Waals surface area contributed by atoms with Gasteiger partial charge < -0.3 is 15.0 Å². The number of nitrogens with one attached hydrogen (secondary N) is 1. The van der Waals surface area contributed by atoms with Crippen LogP contribution in [0.2, 0.25) is 0 Å². The Morgan fingerprint density at radius 2 is 1.79 bits per heavy atom. The number of nitrogens with zero attached hydrogens (tertiary/aromatic N) is 5. The van der Waals surface area contributed by atoms with Gasteiger partial charge in [-0.3, -0.25) is 0 Å². The van der Waals surface area contributed by atoms with E-state index in [2.05, 4.69) is 20.3 Å². The Morgan fingerprint density at radius 3 is 2.47 bits per heavy atom. The Hall–Kier alpha value is -3.31. The Labute approximate surface area is 198 Å². The highest BCUT2D eigenvalue weighted by atomic mass is 32.2. The lowest BCUT2D eigenvalue weighted by Gasteiger charge is -2.34. The molecule has 9 nitrogen and oxygen atoms in total. The van der Waals surface area contributed by atoms with Crippen LogP contribution < -0.4 is 15.0 Å². The van der Waals surface area contributed by atoms with Crippen molar-refractivity contribution in [2.45, 2.75) is 25.7 Å². The summed E-state index contributed by atoms with van der Waals surface area (Å²) in [5.74, 6) is 1.93. The van der Waals surface area contributed by atoms with Crippen molar-refractivity contribution in [3.8, 4) is 5.75 Å². The van der Waals surface area contributed by atoms with Crippen LogP contribution >= 0.6 is 0 Å². The van der Waals surface area contributed by atoms with E-state index in [1.165, 1.54) is 16.4 Å². The first-order valence-corrected chi connectivity index (χ1v) is 12.4. The molecule has 0 bridgehead atoms. The maximum Gasteiger partial charge on any atom is 0.243 e. The van der Waals surface area contributed by atoms with Crippen molar-refractivity contribution in [2.24, 2.45) is 0 Å². The fourth-order valence-electron chi connectivity index (χ4n) is 3.73. The summed E-state index contributed by atoms with van der Waals surface area (Å²) in [6, 6.07) is 9.40. The summed E-state index contributed by atoms with van der Waals surface area (Å²) in [7, 11) is -3.83. The minimum atomic E-state index is -3.83. The van der Waals surface area contributed by atoms with Crippen molar-refractivity contribution in [2.75, 3.05) is 43.0 Å². The van der Waals surface area contributed by atoms with Crippen LogP contribution in [0.3, 0.4) is 0 Å². The van der Waals surface area contributed by atoms with E-state index >= 15 is 0 Å². The summed E-state index contributed by atoms with van der Waals surface area (Å²) >= 11 is 0. The van der Waals surface area contributed by atoms with E-state index in [0.29, 0.717) is 43.0 Å². The van der Waals surface area contributed by atoms with Gasteiger partial charge in [-0.25, -0.2) is 27.8 Å². The van der Waals surface area contributed by atoms with Crippen molar-refractivity contribution in [3.63, 3.8) is 0 Å². The predicted molar refractivity (Wildman–Crippen MR) is 128 cm³/mol. The molecule has 11 heteroatoms. The number of aromatic nitrogens is 3. The molecule has 0 radical (unpaired) electrons. The molecule has 0 saturated carbocycles. The molecule has 0 unspecified atom stereocenters. The number of piperazine rings is 1. The minimum absolute atomic E-state index is 0.0377. The second-order valence-corrected chi connectivity index (χ2v) is 9.86. The maximum absolute atomic E-state index is 14.2. The van der Waals surface area contributed by atoms with Crippen molar-refractivity contribution in [3.05, 3.63) is 59.8 Å². The fourth-order valence-corrected chi connectivity index (χ4v) is 5.17. The number of halogens is 1. The van der Waals surface area contributed by atoms with Crippen LogP contribution in [0.25, 0.3) is 0 Å². The lowest BCUT2D eigenvalue weighted by Crippen LogP contribution is -2.49. The first-order valence-electron chi connectivity index (χ1n) is 11.0. The number of hydrogen-bond donors (Lipinski definition) is 1. The SMILES string of the molecule is CCOc1ccc(S(=O)(=O)N2CCN(c3cc(Nc4cc(C)ccn4)nc(C)n3)CC2)cc1F. The van der Waals surface area contributed by atoms with Crippen LogP contribution in [0.15, 0.2) is 47.5 Å². The van der Waals surface area contributed by atoms with E-state index in [-0.39, 0.29) is 23.7 Å². The number of aryl methyl sites for hydroxylation is 2. The number of sulfonamides is 1. The van der Waals surface area contributed by atoms with E-state index in [1.54, 1.807) is 20.0 Å². The van der Waals surface area contributed by atoms with Gasteiger partial charge in [0.05, 0.1) is 11.5 Å². The highest BCUT2D eigenvalue weighted by Gasteiger charge is 2.30. The molecular formula is C23H27FN6O3S. The molecule has 1 fully saturated rings. The standard InChI is InChI=1S/C23H27FN6O3S/c1-4-33-20-6-5-18(14-19(20)24)34(31,32)30-11-9-29(10-12-30)23-15-22(26-17(3)27-23)28-21-13-16(2)7-8-25-21/h5-8,13-15H,4,9-12H2,1-3H3,(H,25,26,27,28). The van der Waals surface area contributed by atoms with Gasteiger partial charge in [-0.15, -0.1) is 0 Å². The van der Waals surface area contributed by atoms with Crippen LogP contribution in [0.5, 0.6) is 5.75 Å². The minimum Gasteiger partial charge on any atom is -0.491 e. The molecule has 0 spiro atoms. The monoisotopic (exact) mass is 486 g/mol. The Kier molecular flexibility index (Phi) is 6.94. The highest BCUT2D eigenvalue weighted by molar-refractivity contribution is 7.89. The fraction of sp³-hybridized carbons (Fsp3) is 0.348. The molecule has 1 N–H and O–H groups in total. The molecule has 34 heavy (non-hydrogen) atoms. The molecule has 3 heterocycles. The quantitative estimate of drug-likeness (QED) is 0.543. The molecule has 3 aromatic rings. The first kappa shape index (κ1) is 23.8. The van der Waals surface area contributed by atoms with Crippen LogP contribution in [-0.4, -0.2) is 60.5 Å². The number of anilines is 3. The molecule has 0 atom stereocenters. The third-order valence-electron chi connectivity index (χ3n) is 5.40. The molecular weight excluding hydrogens is 459 g/mol. The zero-order valence-corrected chi connectivity index (χ0v) is 20.1. The topological polar surface area (TPSA) is 101 Å². The largest absolute Gasteiger partial charge is 0.491 e. The van der Waals surface area contributed by atoms with Gasteiger partial charge in [-0.1, -0.05) is 0 Å². The van der Waals surface area contributed by atoms with Gasteiger partial charge in [0, 0.05) is 38.4 Å². The average Bonchev–Trinajstić information content (AvgIpc) is 2.80. The molecule has 1 aliphatic rings. The molecule has 2 aromatic heterocycles. The van der Waals surface area contributed by atoms with Gasteiger partial charge in [0.1, 0.15) is 23.3 Å². The third kappa shape index (κ3) is 5.26. The van der Waals surface area contributed by atoms with Crippen molar-refractivity contribution < 1.29 is 17.5 Å². The van der Waals surface area contributed by atoms with E-state index in [0.717, 1.165) is 11.6 Å². The van der Waals surface area contributed by atoms with E-state index in [4.69, 9.17) is 4.74 Å². The normalized spacial score (nSPS) is 14.8. The summed E-state index contributed by atoms with van der Waals surface area (Å²) in [5, 5.41) is 3.20. The maximum atomic E-state index is 14.2. The summed E-state index contributed by atoms with van der Waals surface area (Å²) in [6.07, 6.45) is 1.72. The second kappa shape index (κ2) is 9.90. The smallest absolute Gasteiger partial charge is 0.243 e. The average molecular weight is 487 g/mol. The molecule has 0 amide bonds. The summed E-state index contributed by atoms with van der Waals surface area (Å²) in [5.41, 5.74) is 1.08. The summed E-state index contributed by atoms with van der Waals surface area (Å²) < 4.78 is 46.9. The number of rotatable bonds is 7. The zero-order valence-electron chi connectivity index (χ0n) is 19.3. The van der Waals surface area contributed by atoms with Gasteiger partial charge >= 0.3 is 0 Å². The lowest BCUT2D eigenvalue weighted by molar-refractivity contribution is 0.321. The molecule has 180 valence electrons. The van der Waals surface area contributed by atoms with Crippen LogP contribution in [-0.2, 0) is 10.0 Å². The number of ether oxygens (including phenoxy) is 1. The summed E-state index contributed by atoms with van der Waals surface area (Å²) in [4.78, 5) is 15.2. The molecule has 1 aromatic carbocycles. The highest BCUT2D eigenvalue weighted by Crippen LogP contribution is 2.26. The van der Waals surface area contributed by atoms with Gasteiger partial charge in [-0.05, 0) is 56.7 Å². The summed E-state index contributed by atoms with van der Waals surface area (Å²) in [6.45, 7) is 7.21. The second-order valence-electron chi connectivity index (χ2n) is 7.92. The Bertz CT molecular complexity index is 1280. The Morgan fingerprint density at radius 1 is 1.03 bits per heavy atom. The van der Waals surface area contributed by atoms with Crippen molar-refractivity contribution in [1.29, 1.82) is 0 Å². The van der Waals surface area contributed by atoms with Crippen LogP contribution in [0.1, 0.15) is 18.3 Å². The molecule has 0 aliphatic carbocycles. The van der Waals surface area contributed by atoms with E-state index in [1.807, 2.05) is 30.0 Å². The van der Waals surface area contributed by atoms with Gasteiger partial charge in [0.15, 0.2) is 11.6 Å². The van der Waals surface area contributed by atoms with Crippen LogP contribution in [0.4, 0.5) is 21.8 Å². The van der Waals surface area contributed by atoms with Crippen molar-refractivity contribution in [1.82, 2.24) is 19.3 Å². The van der Waals surface area contributed by atoms with Crippen LogP contribution in [0, 0.1) is 19.7 Å². The van der Waals surface area contributed by atoms with Gasteiger partial charge in [0.2, 0.25) is 10.0 Å². The van der Waals surface area contributed by atoms with Gasteiger partial charge in [0.25, 0.3) is 0 Å². The zero-order chi connectivity index (χ0) is 24.3. The molecule has 4 rings (SSSR count). The predicted octanol–water partition coefficient (Wildman–Crippen LogP) is 3.28. The van der Waals surface area contributed by atoms with Gasteiger partial charge in [-0.2, -0.15) is 4.31 Å². The number of hydrogen-bond acceptors (Lipinski definition) is 8. The number of pyridine rings is 1. The molecule has 1 aliphatic heterocycles. The van der Waals surface area contributed by atoms with E-state index < -0.39 is 15.8 Å². The first-order chi connectivity index (χ1) is 16.3. The number of benzene rings is 1. The molecule has 1 saturated heterocycles. The lowest BCUT2D eigenvalue weighted by atomic mass is 10.3. The Balaban J connectivity index is 1.46. The van der Waals surface area contributed by atoms with E-state index in [9.17, 15) is 12.8 Å². The van der Waals surface area contributed by atoms with Crippen molar-refractivity contribution >= 4 is 27.5 Å².